The van der Waals surface area contributed by atoms with Gasteiger partial charge in [0.15, 0.2) is 0 Å². The quantitative estimate of drug-likeness (QED) is 0.398. The number of methoxy groups -OCH3 is 2. The lowest BCUT2D eigenvalue weighted by molar-refractivity contribution is 0.414. The Morgan fingerprint density at radius 3 is 2.24 bits per heavy atom. The highest BCUT2D eigenvalue weighted by atomic mass is 32.1. The molecule has 0 saturated heterocycles. The Labute approximate surface area is 175 Å². The van der Waals surface area contributed by atoms with Crippen molar-refractivity contribution in [3.63, 3.8) is 0 Å². The maximum Gasteiger partial charge on any atom is 0.206 e. The molecule has 0 atom stereocenters. The van der Waals surface area contributed by atoms with Crippen molar-refractivity contribution in [2.24, 2.45) is 10.1 Å². The summed E-state index contributed by atoms with van der Waals surface area (Å²) in [6.45, 7) is 6.34. The summed E-state index contributed by atoms with van der Waals surface area (Å²) in [7, 11) is 3.34. The largest absolute Gasteiger partial charge is 0.497 e. The molecule has 0 N–H and O–H groups in total. The standard InChI is InChI=1S/C23H25N3O2S/c1-5-14-24-23-26(22(16-29-23)19-8-12-21(28-4)13-9-19)25-17(2)15-18-6-10-20(27-3)11-7-18/h5-13,16H,1,14-15H2,2-4H3. The summed E-state index contributed by atoms with van der Waals surface area (Å²) in [4.78, 5) is 5.44. The van der Waals surface area contributed by atoms with Crippen molar-refractivity contribution >= 4 is 17.0 Å². The monoisotopic (exact) mass is 407 g/mol. The van der Waals surface area contributed by atoms with E-state index < -0.39 is 0 Å². The lowest BCUT2D eigenvalue weighted by Crippen LogP contribution is -2.15. The van der Waals surface area contributed by atoms with E-state index in [1.165, 1.54) is 5.56 Å². The van der Waals surface area contributed by atoms with Crippen LogP contribution in [0.2, 0.25) is 0 Å². The Morgan fingerprint density at radius 1 is 1.03 bits per heavy atom. The van der Waals surface area contributed by atoms with Gasteiger partial charge in [0.25, 0.3) is 0 Å². The van der Waals surface area contributed by atoms with Crippen LogP contribution in [0.4, 0.5) is 0 Å². The van der Waals surface area contributed by atoms with Gasteiger partial charge in [0.1, 0.15) is 11.5 Å². The smallest absolute Gasteiger partial charge is 0.206 e. The maximum absolute atomic E-state index is 5.27. The molecular formula is C23H25N3O2S. The number of ether oxygens (including phenoxy) is 2. The van der Waals surface area contributed by atoms with E-state index >= 15 is 0 Å². The minimum absolute atomic E-state index is 0.551. The van der Waals surface area contributed by atoms with Crippen LogP contribution in [-0.2, 0) is 6.42 Å². The van der Waals surface area contributed by atoms with Gasteiger partial charge in [0, 0.05) is 23.1 Å². The van der Waals surface area contributed by atoms with Crippen molar-refractivity contribution in [3.05, 3.63) is 76.9 Å². The summed E-state index contributed by atoms with van der Waals surface area (Å²) in [6.07, 6.45) is 2.53. The first-order valence-corrected chi connectivity index (χ1v) is 10.2. The second-order valence-electron chi connectivity index (χ2n) is 6.43. The van der Waals surface area contributed by atoms with Gasteiger partial charge in [-0.3, -0.25) is 4.99 Å². The van der Waals surface area contributed by atoms with Crippen molar-refractivity contribution in [2.45, 2.75) is 13.3 Å². The molecule has 6 heteroatoms. The zero-order valence-electron chi connectivity index (χ0n) is 17.0. The third-order valence-corrected chi connectivity index (χ3v) is 5.17. The minimum atomic E-state index is 0.551. The summed E-state index contributed by atoms with van der Waals surface area (Å²) >= 11 is 1.57. The fraction of sp³-hybridized carbons (Fsp3) is 0.217. The summed E-state index contributed by atoms with van der Waals surface area (Å²) in [5, 5.41) is 6.96. The van der Waals surface area contributed by atoms with Gasteiger partial charge in [-0.05, 0) is 48.9 Å². The SMILES string of the molecule is C=CCN=c1scc(-c2ccc(OC)cc2)n1N=C(C)Cc1ccc(OC)cc1. The third kappa shape index (κ3) is 5.23. The Kier molecular flexibility index (Phi) is 7.03. The molecule has 0 aliphatic carbocycles. The van der Waals surface area contributed by atoms with Gasteiger partial charge >= 0.3 is 0 Å². The van der Waals surface area contributed by atoms with Crippen LogP contribution in [0.25, 0.3) is 11.3 Å². The fourth-order valence-electron chi connectivity index (χ4n) is 2.85. The van der Waals surface area contributed by atoms with Crippen LogP contribution in [0.3, 0.4) is 0 Å². The van der Waals surface area contributed by atoms with Gasteiger partial charge in [-0.15, -0.1) is 17.9 Å². The molecule has 0 amide bonds. The van der Waals surface area contributed by atoms with E-state index in [4.69, 9.17) is 14.6 Å². The van der Waals surface area contributed by atoms with Gasteiger partial charge in [0.2, 0.25) is 4.80 Å². The average molecular weight is 408 g/mol. The number of hydrogen-bond donors (Lipinski definition) is 0. The fourth-order valence-corrected chi connectivity index (χ4v) is 3.69. The Hall–Kier alpha value is -3.12. The molecule has 3 aromatic rings. The molecule has 1 heterocycles. The molecule has 150 valence electrons. The predicted octanol–water partition coefficient (Wildman–Crippen LogP) is 4.79. The van der Waals surface area contributed by atoms with Crippen LogP contribution in [-0.4, -0.2) is 31.2 Å². The molecular weight excluding hydrogens is 382 g/mol. The molecule has 0 radical (unpaired) electrons. The van der Waals surface area contributed by atoms with Crippen molar-refractivity contribution in [1.82, 2.24) is 4.68 Å². The number of thiazole rings is 1. The van der Waals surface area contributed by atoms with E-state index in [9.17, 15) is 0 Å². The summed E-state index contributed by atoms with van der Waals surface area (Å²) in [5.41, 5.74) is 4.22. The molecule has 0 aliphatic rings. The number of aromatic nitrogens is 1. The van der Waals surface area contributed by atoms with Gasteiger partial charge in [-0.25, -0.2) is 4.68 Å². The van der Waals surface area contributed by atoms with Crippen molar-refractivity contribution in [2.75, 3.05) is 20.8 Å². The van der Waals surface area contributed by atoms with Crippen molar-refractivity contribution < 1.29 is 9.47 Å². The number of rotatable bonds is 8. The Bertz CT molecular complexity index is 1040. The van der Waals surface area contributed by atoms with E-state index in [-0.39, 0.29) is 0 Å². The Morgan fingerprint density at radius 2 is 1.66 bits per heavy atom. The van der Waals surface area contributed by atoms with E-state index in [2.05, 4.69) is 29.1 Å². The molecule has 0 bridgehead atoms. The molecule has 5 nitrogen and oxygen atoms in total. The normalized spacial score (nSPS) is 12.1. The topological polar surface area (TPSA) is 48.1 Å². The predicted molar refractivity (Wildman–Crippen MR) is 120 cm³/mol. The van der Waals surface area contributed by atoms with Gasteiger partial charge in [-0.2, -0.15) is 5.10 Å². The van der Waals surface area contributed by atoms with Crippen molar-refractivity contribution in [1.29, 1.82) is 0 Å². The first-order chi connectivity index (χ1) is 14.1. The molecule has 2 aromatic carbocycles. The third-order valence-electron chi connectivity index (χ3n) is 4.32. The molecule has 0 unspecified atom stereocenters. The van der Waals surface area contributed by atoms with Crippen LogP contribution in [0, 0.1) is 0 Å². The van der Waals surface area contributed by atoms with E-state index in [0.29, 0.717) is 6.54 Å². The highest BCUT2D eigenvalue weighted by Gasteiger charge is 2.09. The molecule has 1 aromatic heterocycles. The number of benzene rings is 2. The Balaban J connectivity index is 1.96. The zero-order valence-corrected chi connectivity index (χ0v) is 17.8. The maximum atomic E-state index is 5.27. The summed E-state index contributed by atoms with van der Waals surface area (Å²) in [6, 6.07) is 16.0. The average Bonchev–Trinajstić information content (AvgIpc) is 3.15. The molecule has 3 rings (SSSR count). The van der Waals surface area contributed by atoms with Gasteiger partial charge < -0.3 is 9.47 Å². The van der Waals surface area contributed by atoms with Crippen LogP contribution in [0.1, 0.15) is 12.5 Å². The molecule has 0 spiro atoms. The summed E-state index contributed by atoms with van der Waals surface area (Å²) in [5.74, 6) is 1.68. The highest BCUT2D eigenvalue weighted by molar-refractivity contribution is 7.07. The van der Waals surface area contributed by atoms with Crippen molar-refractivity contribution in [3.8, 4) is 22.8 Å². The summed E-state index contributed by atoms with van der Waals surface area (Å²) < 4.78 is 12.4. The minimum Gasteiger partial charge on any atom is -0.497 e. The van der Waals surface area contributed by atoms with E-state index in [1.54, 1.807) is 31.6 Å². The first-order valence-electron chi connectivity index (χ1n) is 9.28. The lowest BCUT2D eigenvalue weighted by atomic mass is 10.1. The van der Waals surface area contributed by atoms with Crippen LogP contribution in [0.5, 0.6) is 11.5 Å². The van der Waals surface area contributed by atoms with E-state index in [0.717, 1.165) is 39.7 Å². The molecule has 0 aliphatic heterocycles. The van der Waals surface area contributed by atoms with Gasteiger partial charge in [0.05, 0.1) is 26.5 Å². The lowest BCUT2D eigenvalue weighted by Gasteiger charge is -2.08. The van der Waals surface area contributed by atoms with E-state index in [1.807, 2.05) is 48.0 Å². The second kappa shape index (κ2) is 9.89. The zero-order chi connectivity index (χ0) is 20.6. The molecule has 0 fully saturated rings. The van der Waals surface area contributed by atoms with Crippen LogP contribution >= 0.6 is 11.3 Å². The highest BCUT2D eigenvalue weighted by Crippen LogP contribution is 2.23. The van der Waals surface area contributed by atoms with Crippen LogP contribution in [0.15, 0.2) is 76.7 Å². The molecule has 0 saturated carbocycles. The first kappa shape index (κ1) is 20.6. The molecule has 29 heavy (non-hydrogen) atoms. The second-order valence-corrected chi connectivity index (χ2v) is 7.27. The van der Waals surface area contributed by atoms with Crippen LogP contribution < -0.4 is 14.3 Å². The van der Waals surface area contributed by atoms with Gasteiger partial charge in [-0.1, -0.05) is 18.2 Å². The number of hydrogen-bond acceptors (Lipinski definition) is 5. The number of nitrogens with zero attached hydrogens (tertiary/aromatic N) is 3.